The first-order valence-electron chi connectivity index (χ1n) is 9.50. The fraction of sp³-hybridized carbons (Fsp3) is 0.650. The summed E-state index contributed by atoms with van der Waals surface area (Å²) in [5, 5.41) is 9.97. The second kappa shape index (κ2) is 12.0. The number of hydrogen-bond acceptors (Lipinski definition) is 7. The van der Waals surface area contributed by atoms with Crippen molar-refractivity contribution in [2.45, 2.75) is 12.2 Å². The summed E-state index contributed by atoms with van der Waals surface area (Å²) in [6, 6.07) is 7.07. The third-order valence-electron chi connectivity index (χ3n) is 4.66. The van der Waals surface area contributed by atoms with Crippen LogP contribution in [0.4, 0.5) is 0 Å². The third-order valence-corrected chi connectivity index (χ3v) is 4.66. The summed E-state index contributed by atoms with van der Waals surface area (Å²) in [5.41, 5.74) is 0.597. The highest BCUT2D eigenvalue weighted by Gasteiger charge is 2.26. The van der Waals surface area contributed by atoms with Crippen LogP contribution in [-0.4, -0.2) is 107 Å². The molecule has 1 heterocycles. The standard InChI is InChI=1S/C20H32N2O6/c1-25-10-9-22(20(24)16-4-6-18(27-3)7-5-16)14-19-13-21(8-11-28-19)12-17(23)15-26-2/h4-7,17,19,23H,8-15H2,1-3H3. The predicted molar refractivity (Wildman–Crippen MR) is 105 cm³/mol. The van der Waals surface area contributed by atoms with Crippen molar-refractivity contribution in [1.29, 1.82) is 0 Å². The molecule has 1 saturated heterocycles. The second-order valence-electron chi connectivity index (χ2n) is 6.83. The van der Waals surface area contributed by atoms with E-state index < -0.39 is 6.10 Å². The average molecular weight is 396 g/mol. The molecule has 0 bridgehead atoms. The van der Waals surface area contributed by atoms with Crippen molar-refractivity contribution in [3.8, 4) is 5.75 Å². The summed E-state index contributed by atoms with van der Waals surface area (Å²) in [6.45, 7) is 4.20. The van der Waals surface area contributed by atoms with E-state index in [4.69, 9.17) is 18.9 Å². The predicted octanol–water partition coefficient (Wildman–Crippen LogP) is 0.492. The van der Waals surface area contributed by atoms with Gasteiger partial charge in [-0.1, -0.05) is 0 Å². The van der Waals surface area contributed by atoms with Crippen molar-refractivity contribution in [3.63, 3.8) is 0 Å². The molecule has 8 heteroatoms. The molecule has 1 aromatic rings. The van der Waals surface area contributed by atoms with Crippen LogP contribution in [0.1, 0.15) is 10.4 Å². The third kappa shape index (κ3) is 7.03. The lowest BCUT2D eigenvalue weighted by Gasteiger charge is -2.36. The van der Waals surface area contributed by atoms with E-state index in [1.54, 1.807) is 50.5 Å². The maximum Gasteiger partial charge on any atom is 0.254 e. The first kappa shape index (κ1) is 22.6. The van der Waals surface area contributed by atoms with Gasteiger partial charge in [0.25, 0.3) is 5.91 Å². The summed E-state index contributed by atoms with van der Waals surface area (Å²) < 4.78 is 21.2. The van der Waals surface area contributed by atoms with Crippen LogP contribution < -0.4 is 4.74 Å². The zero-order valence-electron chi connectivity index (χ0n) is 17.0. The van der Waals surface area contributed by atoms with Crippen LogP contribution in [-0.2, 0) is 14.2 Å². The van der Waals surface area contributed by atoms with Crippen LogP contribution in [0.3, 0.4) is 0 Å². The molecule has 0 spiro atoms. The quantitative estimate of drug-likeness (QED) is 0.583. The number of carbonyl (C=O) groups is 1. The Labute approximate surface area is 166 Å². The van der Waals surface area contributed by atoms with E-state index >= 15 is 0 Å². The highest BCUT2D eigenvalue weighted by molar-refractivity contribution is 5.94. The molecule has 0 aromatic heterocycles. The summed E-state index contributed by atoms with van der Waals surface area (Å²) in [7, 11) is 4.79. The first-order chi connectivity index (χ1) is 13.6. The number of methoxy groups -OCH3 is 3. The van der Waals surface area contributed by atoms with Crippen LogP contribution >= 0.6 is 0 Å². The van der Waals surface area contributed by atoms with Gasteiger partial charge in [-0.3, -0.25) is 9.69 Å². The number of hydrogen-bond donors (Lipinski definition) is 1. The molecule has 1 aromatic carbocycles. The van der Waals surface area contributed by atoms with Gasteiger partial charge in [0.2, 0.25) is 0 Å². The Kier molecular flexibility index (Phi) is 9.66. The van der Waals surface area contributed by atoms with E-state index in [9.17, 15) is 9.90 Å². The summed E-state index contributed by atoms with van der Waals surface area (Å²) in [4.78, 5) is 16.9. The van der Waals surface area contributed by atoms with Crippen molar-refractivity contribution >= 4 is 5.91 Å². The van der Waals surface area contributed by atoms with Crippen molar-refractivity contribution in [3.05, 3.63) is 29.8 Å². The number of ether oxygens (including phenoxy) is 4. The van der Waals surface area contributed by atoms with Crippen molar-refractivity contribution < 1.29 is 28.8 Å². The number of carbonyl (C=O) groups excluding carboxylic acids is 1. The number of morpholine rings is 1. The lowest BCUT2D eigenvalue weighted by molar-refractivity contribution is -0.0573. The van der Waals surface area contributed by atoms with Crippen molar-refractivity contribution in [1.82, 2.24) is 9.80 Å². The fourth-order valence-electron chi connectivity index (χ4n) is 3.24. The molecule has 2 atom stereocenters. The van der Waals surface area contributed by atoms with Gasteiger partial charge in [-0.15, -0.1) is 0 Å². The largest absolute Gasteiger partial charge is 0.497 e. The molecule has 0 radical (unpaired) electrons. The van der Waals surface area contributed by atoms with Crippen molar-refractivity contribution in [2.75, 3.05) is 73.9 Å². The minimum absolute atomic E-state index is 0.0696. The summed E-state index contributed by atoms with van der Waals surface area (Å²) in [5.74, 6) is 0.640. The van der Waals surface area contributed by atoms with E-state index in [0.29, 0.717) is 57.3 Å². The SMILES string of the molecule is COCCN(CC1CN(CC(O)COC)CCO1)C(=O)c1ccc(OC)cc1. The smallest absolute Gasteiger partial charge is 0.254 e. The van der Waals surface area contributed by atoms with Gasteiger partial charge in [0.05, 0.1) is 39.1 Å². The van der Waals surface area contributed by atoms with E-state index in [0.717, 1.165) is 6.54 Å². The Hall–Kier alpha value is -1.71. The Morgan fingerprint density at radius 2 is 2.04 bits per heavy atom. The number of β-amino-alcohol motifs (C(OH)–C–C–N with tert-alkyl or cyclic N) is 1. The molecular weight excluding hydrogens is 364 g/mol. The molecule has 2 rings (SSSR count). The fourth-order valence-corrected chi connectivity index (χ4v) is 3.24. The summed E-state index contributed by atoms with van der Waals surface area (Å²) in [6.07, 6.45) is -0.656. The molecule has 1 N–H and O–H groups in total. The van der Waals surface area contributed by atoms with Gasteiger partial charge in [-0.2, -0.15) is 0 Å². The van der Waals surface area contributed by atoms with Crippen LogP contribution in [0.5, 0.6) is 5.75 Å². The molecule has 1 aliphatic heterocycles. The minimum atomic E-state index is -0.533. The number of aliphatic hydroxyl groups excluding tert-OH is 1. The van der Waals surface area contributed by atoms with Gasteiger partial charge < -0.3 is 29.0 Å². The monoisotopic (exact) mass is 396 g/mol. The van der Waals surface area contributed by atoms with Gasteiger partial charge in [-0.25, -0.2) is 0 Å². The molecule has 1 amide bonds. The average Bonchev–Trinajstić information content (AvgIpc) is 2.71. The molecule has 1 aliphatic rings. The number of benzene rings is 1. The number of nitrogens with zero attached hydrogens (tertiary/aromatic N) is 2. The van der Waals surface area contributed by atoms with E-state index in [-0.39, 0.29) is 12.0 Å². The second-order valence-corrected chi connectivity index (χ2v) is 6.83. The zero-order valence-corrected chi connectivity index (χ0v) is 17.0. The highest BCUT2D eigenvalue weighted by atomic mass is 16.5. The number of aliphatic hydroxyl groups is 1. The normalized spacial score (nSPS) is 18.6. The van der Waals surface area contributed by atoms with Crippen LogP contribution in [0.15, 0.2) is 24.3 Å². The lowest BCUT2D eigenvalue weighted by atomic mass is 10.1. The first-order valence-corrected chi connectivity index (χ1v) is 9.50. The minimum Gasteiger partial charge on any atom is -0.497 e. The highest BCUT2D eigenvalue weighted by Crippen LogP contribution is 2.15. The number of rotatable bonds is 11. The van der Waals surface area contributed by atoms with E-state index in [2.05, 4.69) is 4.90 Å². The molecule has 8 nitrogen and oxygen atoms in total. The molecular formula is C20H32N2O6. The Balaban J connectivity index is 1.98. The van der Waals surface area contributed by atoms with Crippen molar-refractivity contribution in [2.24, 2.45) is 0 Å². The topological polar surface area (TPSA) is 80.7 Å². The van der Waals surface area contributed by atoms with Crippen LogP contribution in [0, 0.1) is 0 Å². The van der Waals surface area contributed by atoms with E-state index in [1.807, 2.05) is 0 Å². The van der Waals surface area contributed by atoms with Crippen LogP contribution in [0.25, 0.3) is 0 Å². The zero-order chi connectivity index (χ0) is 20.4. The Morgan fingerprint density at radius 3 is 2.68 bits per heavy atom. The van der Waals surface area contributed by atoms with Gasteiger partial charge in [0.1, 0.15) is 5.75 Å². The number of amides is 1. The molecule has 28 heavy (non-hydrogen) atoms. The molecule has 0 aliphatic carbocycles. The molecule has 2 unspecified atom stereocenters. The van der Waals surface area contributed by atoms with Gasteiger partial charge in [0, 0.05) is 52.5 Å². The maximum absolute atomic E-state index is 13.0. The Morgan fingerprint density at radius 1 is 1.29 bits per heavy atom. The van der Waals surface area contributed by atoms with Gasteiger partial charge >= 0.3 is 0 Å². The summed E-state index contributed by atoms with van der Waals surface area (Å²) >= 11 is 0. The van der Waals surface area contributed by atoms with E-state index in [1.165, 1.54) is 0 Å². The Bertz CT molecular complexity index is 583. The molecule has 1 fully saturated rings. The van der Waals surface area contributed by atoms with Gasteiger partial charge in [-0.05, 0) is 24.3 Å². The van der Waals surface area contributed by atoms with Crippen LogP contribution in [0.2, 0.25) is 0 Å². The molecule has 0 saturated carbocycles. The molecule has 158 valence electrons. The maximum atomic E-state index is 13.0. The van der Waals surface area contributed by atoms with Gasteiger partial charge in [0.15, 0.2) is 0 Å². The lowest BCUT2D eigenvalue weighted by Crippen LogP contribution is -2.51.